The van der Waals surface area contributed by atoms with Crippen LogP contribution in [0.4, 0.5) is 0 Å². The lowest BCUT2D eigenvalue weighted by atomic mass is 10.3. The molecule has 0 aromatic heterocycles. The molecule has 1 aliphatic heterocycles. The average molecular weight is 335 g/mol. The number of hydrogen-bond acceptors (Lipinski definition) is 3. The highest BCUT2D eigenvalue weighted by molar-refractivity contribution is 5.85. The number of nitrogens with one attached hydrogen (secondary N) is 2. The van der Waals surface area contributed by atoms with E-state index >= 15 is 0 Å². The van der Waals surface area contributed by atoms with Crippen molar-refractivity contribution in [2.24, 2.45) is 10.9 Å². The Kier molecular flexibility index (Phi) is 6.35. The van der Waals surface area contributed by atoms with Crippen LogP contribution >= 0.6 is 0 Å². The van der Waals surface area contributed by atoms with E-state index in [-0.39, 0.29) is 12.5 Å². The highest BCUT2D eigenvalue weighted by Gasteiger charge is 2.33. The van der Waals surface area contributed by atoms with Gasteiger partial charge in [0.05, 0.1) is 0 Å². The maximum atomic E-state index is 12.1. The van der Waals surface area contributed by atoms with E-state index in [1.807, 2.05) is 4.90 Å². The first-order valence-electron chi connectivity index (χ1n) is 9.80. The lowest BCUT2D eigenvalue weighted by Crippen LogP contribution is -2.43. The summed E-state index contributed by atoms with van der Waals surface area (Å²) in [6, 6.07) is 0.823. The fourth-order valence-electron chi connectivity index (χ4n) is 3.37. The molecule has 2 aliphatic carbocycles. The van der Waals surface area contributed by atoms with Gasteiger partial charge < -0.3 is 15.5 Å². The van der Waals surface area contributed by atoms with Gasteiger partial charge in [0.15, 0.2) is 5.96 Å². The third-order valence-corrected chi connectivity index (χ3v) is 5.12. The van der Waals surface area contributed by atoms with Crippen LogP contribution in [0.3, 0.4) is 0 Å². The number of likely N-dealkylation sites (tertiary alicyclic amines) is 1. The van der Waals surface area contributed by atoms with Gasteiger partial charge in [-0.15, -0.1) is 0 Å². The largest absolute Gasteiger partial charge is 0.357 e. The van der Waals surface area contributed by atoms with Crippen molar-refractivity contribution < 1.29 is 4.79 Å². The van der Waals surface area contributed by atoms with E-state index in [0.717, 1.165) is 63.5 Å². The van der Waals surface area contributed by atoms with E-state index in [2.05, 4.69) is 27.4 Å². The van der Waals surface area contributed by atoms with Gasteiger partial charge in [0.1, 0.15) is 6.54 Å². The minimum absolute atomic E-state index is 0.151. The van der Waals surface area contributed by atoms with E-state index in [9.17, 15) is 4.79 Å². The van der Waals surface area contributed by atoms with Crippen molar-refractivity contribution in [1.82, 2.24) is 20.4 Å². The topological polar surface area (TPSA) is 60.0 Å². The number of aliphatic imine (C=N–C) groups is 1. The molecule has 3 rings (SSSR count). The Labute approximate surface area is 146 Å². The van der Waals surface area contributed by atoms with Gasteiger partial charge in [0, 0.05) is 45.3 Å². The molecule has 3 aliphatic rings. The predicted molar refractivity (Wildman–Crippen MR) is 97.1 cm³/mol. The number of amides is 1. The Hall–Kier alpha value is -1.30. The fraction of sp³-hybridized carbons (Fsp3) is 0.889. The van der Waals surface area contributed by atoms with Crippen LogP contribution in [0.2, 0.25) is 0 Å². The molecule has 1 saturated heterocycles. The van der Waals surface area contributed by atoms with Crippen molar-refractivity contribution >= 4 is 11.9 Å². The van der Waals surface area contributed by atoms with Crippen LogP contribution in [-0.4, -0.2) is 73.5 Å². The first kappa shape index (κ1) is 17.5. The molecule has 0 atom stereocenters. The zero-order chi connectivity index (χ0) is 16.8. The first-order valence-corrected chi connectivity index (χ1v) is 9.80. The van der Waals surface area contributed by atoms with Crippen molar-refractivity contribution in [1.29, 1.82) is 0 Å². The summed E-state index contributed by atoms with van der Waals surface area (Å²) in [7, 11) is 0. The van der Waals surface area contributed by atoms with E-state index in [1.165, 1.54) is 32.2 Å². The minimum atomic E-state index is 0.151. The summed E-state index contributed by atoms with van der Waals surface area (Å²) in [5.74, 6) is 1.87. The van der Waals surface area contributed by atoms with Crippen molar-refractivity contribution in [3.05, 3.63) is 0 Å². The predicted octanol–water partition coefficient (Wildman–Crippen LogP) is 1.04. The van der Waals surface area contributed by atoms with Gasteiger partial charge in [0.25, 0.3) is 0 Å². The van der Waals surface area contributed by atoms with Crippen molar-refractivity contribution in [2.45, 2.75) is 51.5 Å². The molecule has 136 valence electrons. The summed E-state index contributed by atoms with van der Waals surface area (Å²) in [6.07, 6.45) is 7.83. The number of rotatable bonds is 9. The van der Waals surface area contributed by atoms with Crippen LogP contribution in [-0.2, 0) is 4.79 Å². The highest BCUT2D eigenvalue weighted by Crippen LogP contribution is 2.34. The lowest BCUT2D eigenvalue weighted by Gasteiger charge is -2.22. The third-order valence-electron chi connectivity index (χ3n) is 5.12. The van der Waals surface area contributed by atoms with E-state index < -0.39 is 0 Å². The molecule has 1 amide bonds. The zero-order valence-corrected chi connectivity index (χ0v) is 15.1. The normalized spacial score (nSPS) is 21.4. The maximum absolute atomic E-state index is 12.1. The van der Waals surface area contributed by atoms with Crippen LogP contribution < -0.4 is 10.6 Å². The van der Waals surface area contributed by atoms with Crippen LogP contribution in [0.1, 0.15) is 45.4 Å². The van der Waals surface area contributed by atoms with Crippen LogP contribution in [0, 0.1) is 5.92 Å². The van der Waals surface area contributed by atoms with Gasteiger partial charge in [-0.2, -0.15) is 0 Å². The van der Waals surface area contributed by atoms with Gasteiger partial charge in [-0.25, -0.2) is 4.99 Å². The van der Waals surface area contributed by atoms with Crippen LogP contribution in [0.5, 0.6) is 0 Å². The fourth-order valence-corrected chi connectivity index (χ4v) is 3.37. The van der Waals surface area contributed by atoms with Gasteiger partial charge in [-0.1, -0.05) is 0 Å². The summed E-state index contributed by atoms with van der Waals surface area (Å²) in [4.78, 5) is 21.2. The third kappa shape index (κ3) is 5.65. The van der Waals surface area contributed by atoms with E-state index in [0.29, 0.717) is 0 Å². The lowest BCUT2D eigenvalue weighted by molar-refractivity contribution is -0.128. The number of hydrogen-bond donors (Lipinski definition) is 2. The maximum Gasteiger partial charge on any atom is 0.244 e. The van der Waals surface area contributed by atoms with Crippen molar-refractivity contribution in [2.75, 3.05) is 45.8 Å². The molecule has 6 heteroatoms. The Bertz CT molecular complexity index is 439. The SMILES string of the molecule is CCNC(=NCC(=O)N1CCCC1)NCCN(CC1CC1)C1CC1. The molecule has 0 bridgehead atoms. The monoisotopic (exact) mass is 335 g/mol. The second-order valence-electron chi connectivity index (χ2n) is 7.38. The molecule has 0 spiro atoms. The Morgan fingerprint density at radius 3 is 2.54 bits per heavy atom. The number of guanidine groups is 1. The van der Waals surface area contributed by atoms with Crippen molar-refractivity contribution in [3.8, 4) is 0 Å². The van der Waals surface area contributed by atoms with Gasteiger partial charge in [-0.05, 0) is 51.4 Å². The van der Waals surface area contributed by atoms with Crippen LogP contribution in [0.25, 0.3) is 0 Å². The summed E-state index contributed by atoms with van der Waals surface area (Å²) >= 11 is 0. The Balaban J connectivity index is 1.40. The molecule has 0 aromatic rings. The first-order chi connectivity index (χ1) is 11.8. The molecular weight excluding hydrogens is 302 g/mol. The van der Waals surface area contributed by atoms with E-state index in [1.54, 1.807) is 0 Å². The summed E-state index contributed by atoms with van der Waals surface area (Å²) < 4.78 is 0. The molecule has 24 heavy (non-hydrogen) atoms. The Morgan fingerprint density at radius 1 is 1.17 bits per heavy atom. The molecule has 2 N–H and O–H groups in total. The molecule has 2 saturated carbocycles. The molecular formula is C18H33N5O. The number of carbonyl (C=O) groups is 1. The summed E-state index contributed by atoms with van der Waals surface area (Å²) in [6.45, 7) is 8.17. The van der Waals surface area contributed by atoms with Crippen molar-refractivity contribution in [3.63, 3.8) is 0 Å². The zero-order valence-electron chi connectivity index (χ0n) is 15.1. The molecule has 6 nitrogen and oxygen atoms in total. The number of nitrogens with zero attached hydrogens (tertiary/aromatic N) is 3. The minimum Gasteiger partial charge on any atom is -0.357 e. The van der Waals surface area contributed by atoms with Gasteiger partial charge in [-0.3, -0.25) is 9.69 Å². The second kappa shape index (κ2) is 8.70. The smallest absolute Gasteiger partial charge is 0.244 e. The standard InChI is InChI=1S/C18H33N5O/c1-2-19-18(21-13-17(24)22-10-3-4-11-22)20-9-12-23(16-7-8-16)14-15-5-6-15/h15-16H,2-14H2,1H3,(H2,19,20,21). The molecule has 0 aromatic carbocycles. The average Bonchev–Trinajstić information content (AvgIpc) is 3.51. The molecule has 3 fully saturated rings. The van der Waals surface area contributed by atoms with Crippen LogP contribution in [0.15, 0.2) is 4.99 Å². The molecule has 0 radical (unpaired) electrons. The number of carbonyl (C=O) groups excluding carboxylic acids is 1. The highest BCUT2D eigenvalue weighted by atomic mass is 16.2. The van der Waals surface area contributed by atoms with E-state index in [4.69, 9.17) is 0 Å². The summed E-state index contributed by atoms with van der Waals surface area (Å²) in [5, 5.41) is 6.65. The second-order valence-corrected chi connectivity index (χ2v) is 7.38. The Morgan fingerprint density at radius 2 is 1.92 bits per heavy atom. The molecule has 1 heterocycles. The summed E-state index contributed by atoms with van der Waals surface area (Å²) in [5.41, 5.74) is 0. The molecule has 0 unspecified atom stereocenters. The van der Waals surface area contributed by atoms with Gasteiger partial charge >= 0.3 is 0 Å². The quantitative estimate of drug-likeness (QED) is 0.488. The van der Waals surface area contributed by atoms with Gasteiger partial charge in [0.2, 0.25) is 5.91 Å².